The van der Waals surface area contributed by atoms with E-state index in [-0.39, 0.29) is 24.0 Å². The highest BCUT2D eigenvalue weighted by Crippen LogP contribution is 2.19. The van der Waals surface area contributed by atoms with Crippen molar-refractivity contribution in [2.45, 2.75) is 26.9 Å². The first-order valence-corrected chi connectivity index (χ1v) is 10.2. The summed E-state index contributed by atoms with van der Waals surface area (Å²) >= 11 is 0. The van der Waals surface area contributed by atoms with Gasteiger partial charge in [-0.1, -0.05) is 23.8 Å². The number of benzene rings is 1. The van der Waals surface area contributed by atoms with E-state index < -0.39 is 0 Å². The number of nitrogens with one attached hydrogen (secondary N) is 2. The Labute approximate surface area is 204 Å². The Morgan fingerprint density at radius 2 is 1.97 bits per heavy atom. The van der Waals surface area contributed by atoms with Crippen molar-refractivity contribution in [3.8, 4) is 17.3 Å². The number of pyridine rings is 1. The Balaban J connectivity index is 0.00000289. The average molecular weight is 543 g/mol. The highest BCUT2D eigenvalue weighted by Gasteiger charge is 2.07. The standard InChI is InChI=1S/C23H25N7O.HI/c1-3-25-23(27-13-18-6-9-21(26-12-18)30-11-10-24-16-30)28-14-20-15-31-22(29-20)19-7-4-17(2)5-8-19;/h4-12,15-16H,3,13-14H2,1-2H3,(H2,25,27,28);1H. The van der Waals surface area contributed by atoms with Crippen molar-refractivity contribution in [3.63, 3.8) is 0 Å². The van der Waals surface area contributed by atoms with Crippen molar-refractivity contribution in [2.75, 3.05) is 6.54 Å². The van der Waals surface area contributed by atoms with E-state index in [4.69, 9.17) is 4.42 Å². The Hall–Kier alpha value is -3.21. The maximum absolute atomic E-state index is 5.63. The lowest BCUT2D eigenvalue weighted by molar-refractivity contribution is 0.572. The van der Waals surface area contributed by atoms with Crippen LogP contribution in [0.15, 0.2) is 77.0 Å². The first-order chi connectivity index (χ1) is 15.2. The van der Waals surface area contributed by atoms with E-state index in [0.29, 0.717) is 24.9 Å². The number of guanidine groups is 1. The number of hydrogen-bond acceptors (Lipinski definition) is 5. The van der Waals surface area contributed by atoms with E-state index in [1.807, 2.05) is 60.3 Å². The monoisotopic (exact) mass is 543 g/mol. The number of imidazole rings is 1. The molecule has 0 saturated carbocycles. The molecule has 0 amide bonds. The van der Waals surface area contributed by atoms with Crippen LogP contribution in [0.1, 0.15) is 23.7 Å². The van der Waals surface area contributed by atoms with Gasteiger partial charge in [-0.25, -0.2) is 19.9 Å². The number of aromatic nitrogens is 4. The summed E-state index contributed by atoms with van der Waals surface area (Å²) in [5, 5.41) is 6.55. The van der Waals surface area contributed by atoms with Crippen molar-refractivity contribution in [2.24, 2.45) is 4.99 Å². The minimum atomic E-state index is 0. The van der Waals surface area contributed by atoms with Crippen LogP contribution in [0.5, 0.6) is 0 Å². The highest BCUT2D eigenvalue weighted by molar-refractivity contribution is 14.0. The van der Waals surface area contributed by atoms with Crippen LogP contribution in [0, 0.1) is 6.92 Å². The predicted molar refractivity (Wildman–Crippen MR) is 135 cm³/mol. The van der Waals surface area contributed by atoms with Gasteiger partial charge in [-0.05, 0) is 37.6 Å². The second-order valence-electron chi connectivity index (χ2n) is 7.05. The average Bonchev–Trinajstić information content (AvgIpc) is 3.49. The van der Waals surface area contributed by atoms with Crippen molar-refractivity contribution in [1.82, 2.24) is 30.2 Å². The fourth-order valence-corrected chi connectivity index (χ4v) is 2.96. The van der Waals surface area contributed by atoms with Crippen LogP contribution in [0.25, 0.3) is 17.3 Å². The first kappa shape index (κ1) is 23.5. The molecule has 0 saturated heterocycles. The lowest BCUT2D eigenvalue weighted by Gasteiger charge is -2.10. The Kier molecular flexibility index (Phi) is 8.37. The fourth-order valence-electron chi connectivity index (χ4n) is 2.96. The molecule has 0 aliphatic rings. The van der Waals surface area contributed by atoms with Crippen molar-refractivity contribution in [3.05, 3.63) is 84.4 Å². The largest absolute Gasteiger partial charge is 0.444 e. The van der Waals surface area contributed by atoms with Gasteiger partial charge >= 0.3 is 0 Å². The molecule has 8 nitrogen and oxygen atoms in total. The minimum Gasteiger partial charge on any atom is -0.444 e. The molecule has 0 unspecified atom stereocenters. The molecule has 0 fully saturated rings. The van der Waals surface area contributed by atoms with Crippen molar-refractivity contribution in [1.29, 1.82) is 0 Å². The summed E-state index contributed by atoms with van der Waals surface area (Å²) in [5.41, 5.74) is 4.00. The van der Waals surface area contributed by atoms with Gasteiger partial charge in [0.05, 0.1) is 18.8 Å². The molecular formula is C23H26IN7O. The quantitative estimate of drug-likeness (QED) is 0.207. The molecule has 0 aliphatic carbocycles. The zero-order valence-electron chi connectivity index (χ0n) is 18.0. The molecule has 4 aromatic rings. The summed E-state index contributed by atoms with van der Waals surface area (Å²) in [4.78, 5) is 17.7. The minimum absolute atomic E-state index is 0. The number of halogens is 1. The van der Waals surface area contributed by atoms with E-state index in [1.54, 1.807) is 18.8 Å². The van der Waals surface area contributed by atoms with Crippen LogP contribution in [0.4, 0.5) is 0 Å². The van der Waals surface area contributed by atoms with Gasteiger partial charge in [0.1, 0.15) is 18.4 Å². The van der Waals surface area contributed by atoms with Gasteiger partial charge in [0.15, 0.2) is 5.96 Å². The third-order valence-corrected chi connectivity index (χ3v) is 4.63. The van der Waals surface area contributed by atoms with Gasteiger partial charge in [-0.3, -0.25) is 4.57 Å². The van der Waals surface area contributed by atoms with Crippen LogP contribution < -0.4 is 10.6 Å². The van der Waals surface area contributed by atoms with Crippen LogP contribution in [0.2, 0.25) is 0 Å². The molecule has 2 N–H and O–H groups in total. The van der Waals surface area contributed by atoms with Crippen LogP contribution >= 0.6 is 24.0 Å². The molecule has 4 rings (SSSR count). The Bertz CT molecular complexity index is 1120. The van der Waals surface area contributed by atoms with Crippen molar-refractivity contribution < 1.29 is 4.42 Å². The van der Waals surface area contributed by atoms with E-state index in [2.05, 4.69) is 37.5 Å². The predicted octanol–water partition coefficient (Wildman–Crippen LogP) is 4.10. The zero-order chi connectivity index (χ0) is 21.5. The third-order valence-electron chi connectivity index (χ3n) is 4.63. The number of nitrogens with zero attached hydrogens (tertiary/aromatic N) is 5. The van der Waals surface area contributed by atoms with E-state index in [9.17, 15) is 0 Å². The number of aliphatic imine (C=N–C) groups is 1. The second kappa shape index (κ2) is 11.4. The molecule has 0 spiro atoms. The maximum atomic E-state index is 5.63. The zero-order valence-corrected chi connectivity index (χ0v) is 20.4. The lowest BCUT2D eigenvalue weighted by atomic mass is 10.1. The van der Waals surface area contributed by atoms with Gasteiger partial charge in [-0.2, -0.15) is 0 Å². The molecule has 9 heteroatoms. The number of oxazole rings is 1. The molecule has 0 radical (unpaired) electrons. The molecule has 3 aromatic heterocycles. The normalized spacial score (nSPS) is 11.1. The van der Waals surface area contributed by atoms with Crippen LogP contribution in [-0.2, 0) is 13.1 Å². The summed E-state index contributed by atoms with van der Waals surface area (Å²) in [7, 11) is 0. The van der Waals surface area contributed by atoms with Gasteiger partial charge in [0.2, 0.25) is 5.89 Å². The lowest BCUT2D eigenvalue weighted by Crippen LogP contribution is -2.36. The molecule has 0 bridgehead atoms. The van der Waals surface area contributed by atoms with E-state index in [0.717, 1.165) is 29.2 Å². The summed E-state index contributed by atoms with van der Waals surface area (Å²) in [6, 6.07) is 12.1. The number of hydrogen-bond donors (Lipinski definition) is 2. The summed E-state index contributed by atoms with van der Waals surface area (Å²) < 4.78 is 7.49. The SMILES string of the molecule is CCNC(=NCc1ccc(-n2ccnc2)nc1)NCc1coc(-c2ccc(C)cc2)n1.I. The molecule has 1 aromatic carbocycles. The summed E-state index contributed by atoms with van der Waals surface area (Å²) in [6.45, 7) is 5.88. The van der Waals surface area contributed by atoms with Crippen molar-refractivity contribution >= 4 is 29.9 Å². The topological polar surface area (TPSA) is 93.2 Å². The smallest absolute Gasteiger partial charge is 0.226 e. The molecule has 3 heterocycles. The van der Waals surface area contributed by atoms with E-state index >= 15 is 0 Å². The van der Waals surface area contributed by atoms with E-state index in [1.165, 1.54) is 5.56 Å². The van der Waals surface area contributed by atoms with Gasteiger partial charge in [-0.15, -0.1) is 24.0 Å². The van der Waals surface area contributed by atoms with Crippen LogP contribution in [0.3, 0.4) is 0 Å². The fraction of sp³-hybridized carbons (Fsp3) is 0.217. The first-order valence-electron chi connectivity index (χ1n) is 10.2. The number of aryl methyl sites for hydroxylation is 1. The molecule has 32 heavy (non-hydrogen) atoms. The maximum Gasteiger partial charge on any atom is 0.226 e. The Morgan fingerprint density at radius 1 is 1.12 bits per heavy atom. The molecule has 0 aliphatic heterocycles. The van der Waals surface area contributed by atoms with Gasteiger partial charge in [0.25, 0.3) is 0 Å². The highest BCUT2D eigenvalue weighted by atomic mass is 127. The van der Waals surface area contributed by atoms with Gasteiger partial charge in [0, 0.05) is 30.7 Å². The third kappa shape index (κ3) is 6.16. The second-order valence-corrected chi connectivity index (χ2v) is 7.05. The number of rotatable bonds is 7. The summed E-state index contributed by atoms with van der Waals surface area (Å²) in [5.74, 6) is 2.15. The molecule has 0 atom stereocenters. The molecule has 166 valence electrons. The van der Waals surface area contributed by atoms with Crippen LogP contribution in [-0.4, -0.2) is 32.0 Å². The van der Waals surface area contributed by atoms with Gasteiger partial charge < -0.3 is 15.1 Å². The summed E-state index contributed by atoms with van der Waals surface area (Å²) in [6.07, 6.45) is 8.81. The Morgan fingerprint density at radius 3 is 2.66 bits per heavy atom. The molecular weight excluding hydrogens is 517 g/mol.